The first kappa shape index (κ1) is 9.49. The largest absolute Gasteiger partial charge is 0.481 e. The maximum Gasteiger partial charge on any atom is 0.308 e. The summed E-state index contributed by atoms with van der Waals surface area (Å²) >= 11 is 0. The van der Waals surface area contributed by atoms with Gasteiger partial charge < -0.3 is 10.0 Å². The van der Waals surface area contributed by atoms with Crippen molar-refractivity contribution >= 4 is 11.9 Å². The smallest absolute Gasteiger partial charge is 0.308 e. The van der Waals surface area contributed by atoms with Crippen LogP contribution in [0.4, 0.5) is 0 Å². The lowest BCUT2D eigenvalue weighted by Gasteiger charge is -2.15. The second-order valence-corrected chi connectivity index (χ2v) is 4.26. The average Bonchev–Trinajstić information content (AvgIpc) is 2.82. The Hall–Kier alpha value is -1.06. The van der Waals surface area contributed by atoms with Crippen LogP contribution in [0, 0.1) is 11.8 Å². The second-order valence-electron chi connectivity index (χ2n) is 4.26. The molecule has 1 aliphatic heterocycles. The standard InChI is InChI=1S/C10H15NO3/c1-2-6-3-8(6)11-5-7(10(13)14)4-9(11)12/h6-8H,2-5H2,1H3,(H,13,14). The summed E-state index contributed by atoms with van der Waals surface area (Å²) in [5, 5.41) is 8.80. The van der Waals surface area contributed by atoms with Gasteiger partial charge in [-0.15, -0.1) is 0 Å². The molecule has 14 heavy (non-hydrogen) atoms. The first-order chi connectivity index (χ1) is 6.63. The first-order valence-corrected chi connectivity index (χ1v) is 5.15. The van der Waals surface area contributed by atoms with Crippen molar-refractivity contribution in [2.45, 2.75) is 32.2 Å². The zero-order valence-corrected chi connectivity index (χ0v) is 8.27. The summed E-state index contributed by atoms with van der Waals surface area (Å²) in [5.74, 6) is -0.667. The van der Waals surface area contributed by atoms with Crippen LogP contribution in [0.3, 0.4) is 0 Å². The number of carboxylic acid groups (broad SMARTS) is 1. The summed E-state index contributed by atoms with van der Waals surface area (Å²) in [7, 11) is 0. The molecule has 78 valence electrons. The number of aliphatic carboxylic acids is 1. The fourth-order valence-corrected chi connectivity index (χ4v) is 2.27. The van der Waals surface area contributed by atoms with Gasteiger partial charge in [-0.3, -0.25) is 9.59 Å². The van der Waals surface area contributed by atoms with Crippen molar-refractivity contribution in [3.8, 4) is 0 Å². The highest BCUT2D eigenvalue weighted by Gasteiger charge is 2.47. The van der Waals surface area contributed by atoms with E-state index in [4.69, 9.17) is 5.11 Å². The SMILES string of the molecule is CCC1CC1N1CC(C(=O)O)CC1=O. The molecule has 4 nitrogen and oxygen atoms in total. The molecule has 1 amide bonds. The minimum atomic E-state index is -0.838. The van der Waals surface area contributed by atoms with E-state index in [1.165, 1.54) is 0 Å². The van der Waals surface area contributed by atoms with E-state index in [0.717, 1.165) is 12.8 Å². The Morgan fingerprint density at radius 1 is 1.64 bits per heavy atom. The molecule has 0 aromatic carbocycles. The minimum absolute atomic E-state index is 0.0263. The molecule has 4 heteroatoms. The third-order valence-electron chi connectivity index (χ3n) is 3.32. The summed E-state index contributed by atoms with van der Waals surface area (Å²) in [6.45, 7) is 2.54. The van der Waals surface area contributed by atoms with Gasteiger partial charge in [0, 0.05) is 19.0 Å². The van der Waals surface area contributed by atoms with Gasteiger partial charge in [-0.1, -0.05) is 13.3 Å². The van der Waals surface area contributed by atoms with E-state index in [-0.39, 0.29) is 12.3 Å². The van der Waals surface area contributed by atoms with Crippen LogP contribution in [0.25, 0.3) is 0 Å². The zero-order valence-electron chi connectivity index (χ0n) is 8.27. The number of rotatable bonds is 3. The molecule has 3 atom stereocenters. The molecule has 0 spiro atoms. The summed E-state index contributed by atoms with van der Waals surface area (Å²) < 4.78 is 0. The third-order valence-corrected chi connectivity index (χ3v) is 3.32. The van der Waals surface area contributed by atoms with Crippen molar-refractivity contribution in [2.24, 2.45) is 11.8 Å². The number of hydrogen-bond donors (Lipinski definition) is 1. The van der Waals surface area contributed by atoms with Crippen LogP contribution in [0.5, 0.6) is 0 Å². The van der Waals surface area contributed by atoms with E-state index in [9.17, 15) is 9.59 Å². The van der Waals surface area contributed by atoms with E-state index in [0.29, 0.717) is 18.5 Å². The van der Waals surface area contributed by atoms with Gasteiger partial charge >= 0.3 is 5.97 Å². The zero-order chi connectivity index (χ0) is 10.3. The van der Waals surface area contributed by atoms with Gasteiger partial charge in [0.25, 0.3) is 0 Å². The lowest BCUT2D eigenvalue weighted by atomic mass is 10.1. The summed E-state index contributed by atoms with van der Waals surface area (Å²) in [5.41, 5.74) is 0. The van der Waals surface area contributed by atoms with Crippen molar-refractivity contribution in [2.75, 3.05) is 6.54 Å². The lowest BCUT2D eigenvalue weighted by molar-refractivity contribution is -0.141. The second kappa shape index (κ2) is 3.26. The molecular formula is C10H15NO3. The van der Waals surface area contributed by atoms with Crippen LogP contribution in [-0.2, 0) is 9.59 Å². The van der Waals surface area contributed by atoms with Crippen molar-refractivity contribution in [1.29, 1.82) is 0 Å². The quantitative estimate of drug-likeness (QED) is 0.725. The van der Waals surface area contributed by atoms with Gasteiger partial charge in [0.05, 0.1) is 5.92 Å². The lowest BCUT2D eigenvalue weighted by Crippen LogP contribution is -2.29. The van der Waals surface area contributed by atoms with Crippen molar-refractivity contribution in [3.05, 3.63) is 0 Å². The van der Waals surface area contributed by atoms with E-state index in [1.807, 2.05) is 0 Å². The van der Waals surface area contributed by atoms with E-state index < -0.39 is 11.9 Å². The van der Waals surface area contributed by atoms with E-state index >= 15 is 0 Å². The molecule has 1 saturated heterocycles. The van der Waals surface area contributed by atoms with Crippen molar-refractivity contribution in [1.82, 2.24) is 4.90 Å². The van der Waals surface area contributed by atoms with Crippen LogP contribution in [-0.4, -0.2) is 34.5 Å². The molecule has 0 radical (unpaired) electrons. The number of hydrogen-bond acceptors (Lipinski definition) is 2. The first-order valence-electron chi connectivity index (χ1n) is 5.15. The molecule has 0 aromatic heterocycles. The summed E-state index contributed by atoms with van der Waals surface area (Å²) in [6.07, 6.45) is 2.35. The molecule has 2 fully saturated rings. The molecule has 2 rings (SSSR count). The van der Waals surface area contributed by atoms with Crippen LogP contribution in [0.2, 0.25) is 0 Å². The summed E-state index contributed by atoms with van der Waals surface area (Å²) in [6, 6.07) is 0.344. The van der Waals surface area contributed by atoms with Gasteiger partial charge in [0.1, 0.15) is 0 Å². The van der Waals surface area contributed by atoms with Gasteiger partial charge in [-0.05, 0) is 12.3 Å². The highest BCUT2D eigenvalue weighted by Crippen LogP contribution is 2.40. The monoisotopic (exact) mass is 197 g/mol. The molecule has 1 saturated carbocycles. The Balaban J connectivity index is 1.96. The van der Waals surface area contributed by atoms with Gasteiger partial charge in [-0.2, -0.15) is 0 Å². The Kier molecular flexibility index (Phi) is 2.21. The highest BCUT2D eigenvalue weighted by atomic mass is 16.4. The number of carbonyl (C=O) groups is 2. The number of amides is 1. The van der Waals surface area contributed by atoms with Crippen molar-refractivity contribution < 1.29 is 14.7 Å². The third kappa shape index (κ3) is 1.49. The fourth-order valence-electron chi connectivity index (χ4n) is 2.27. The number of nitrogens with zero attached hydrogens (tertiary/aromatic N) is 1. The topological polar surface area (TPSA) is 57.6 Å². The average molecular weight is 197 g/mol. The maximum atomic E-state index is 11.5. The molecule has 0 bridgehead atoms. The predicted molar refractivity (Wildman–Crippen MR) is 49.6 cm³/mol. The Morgan fingerprint density at radius 2 is 2.36 bits per heavy atom. The van der Waals surface area contributed by atoms with Crippen LogP contribution < -0.4 is 0 Å². The Labute approximate surface area is 82.9 Å². The Morgan fingerprint density at radius 3 is 2.79 bits per heavy atom. The number of likely N-dealkylation sites (tertiary alicyclic amines) is 1. The molecule has 0 aromatic rings. The van der Waals surface area contributed by atoms with Gasteiger partial charge in [-0.25, -0.2) is 0 Å². The Bertz CT molecular complexity index is 277. The predicted octanol–water partition coefficient (Wildman–Crippen LogP) is 0.718. The molecule has 1 aliphatic carbocycles. The van der Waals surface area contributed by atoms with Crippen LogP contribution in [0.15, 0.2) is 0 Å². The van der Waals surface area contributed by atoms with E-state index in [2.05, 4.69) is 6.92 Å². The fraction of sp³-hybridized carbons (Fsp3) is 0.800. The minimum Gasteiger partial charge on any atom is -0.481 e. The molecule has 1 N–H and O–H groups in total. The van der Waals surface area contributed by atoms with Crippen LogP contribution >= 0.6 is 0 Å². The number of carbonyl (C=O) groups excluding carboxylic acids is 1. The van der Waals surface area contributed by atoms with Crippen LogP contribution in [0.1, 0.15) is 26.2 Å². The molecule has 2 aliphatic rings. The normalized spacial score (nSPS) is 36.2. The van der Waals surface area contributed by atoms with Gasteiger partial charge in [0.2, 0.25) is 5.91 Å². The molecule has 1 heterocycles. The molecule has 3 unspecified atom stereocenters. The van der Waals surface area contributed by atoms with Gasteiger partial charge in [0.15, 0.2) is 0 Å². The van der Waals surface area contributed by atoms with E-state index in [1.54, 1.807) is 4.90 Å². The van der Waals surface area contributed by atoms with Crippen molar-refractivity contribution in [3.63, 3.8) is 0 Å². The highest BCUT2D eigenvalue weighted by molar-refractivity contribution is 5.86. The summed E-state index contributed by atoms with van der Waals surface area (Å²) in [4.78, 5) is 24.0. The molecular weight excluding hydrogens is 182 g/mol. The maximum absolute atomic E-state index is 11.5. The number of carboxylic acids is 1.